The second-order valence-corrected chi connectivity index (χ2v) is 8.10. The van der Waals surface area contributed by atoms with Gasteiger partial charge in [0.15, 0.2) is 0 Å². The Hall–Kier alpha value is -3.42. The quantitative estimate of drug-likeness (QED) is 0.385. The predicted octanol–water partition coefficient (Wildman–Crippen LogP) is 3.12. The monoisotopic (exact) mass is 424 g/mol. The first kappa shape index (κ1) is 22.3. The Labute approximate surface area is 181 Å². The van der Waals surface area contributed by atoms with Crippen molar-refractivity contribution in [3.8, 4) is 0 Å². The van der Waals surface area contributed by atoms with Gasteiger partial charge in [0.1, 0.15) is 11.7 Å². The molecule has 2 aromatic rings. The third kappa shape index (κ3) is 5.59. The summed E-state index contributed by atoms with van der Waals surface area (Å²) in [6.45, 7) is 5.02. The molecule has 8 nitrogen and oxygen atoms in total. The summed E-state index contributed by atoms with van der Waals surface area (Å²) in [5.41, 5.74) is 2.54. The van der Waals surface area contributed by atoms with Crippen LogP contribution < -0.4 is 10.6 Å². The number of rotatable bonds is 8. The van der Waals surface area contributed by atoms with Gasteiger partial charge in [0.2, 0.25) is 11.8 Å². The molecular weight excluding hydrogens is 396 g/mol. The highest BCUT2D eigenvalue weighted by atomic mass is 16.6. The van der Waals surface area contributed by atoms with Gasteiger partial charge in [0.05, 0.1) is 4.92 Å². The summed E-state index contributed by atoms with van der Waals surface area (Å²) in [6.07, 6.45) is 0.870. The number of benzene rings is 2. The van der Waals surface area contributed by atoms with Crippen LogP contribution in [0.1, 0.15) is 31.4 Å². The first-order valence-electron chi connectivity index (χ1n) is 10.5. The Balaban J connectivity index is 1.63. The zero-order valence-corrected chi connectivity index (χ0v) is 17.8. The topological polar surface area (TPSA) is 105 Å². The fourth-order valence-electron chi connectivity index (χ4n) is 3.77. The lowest BCUT2D eigenvalue weighted by atomic mass is 9.92. The molecule has 2 amide bonds. The van der Waals surface area contributed by atoms with E-state index in [-0.39, 0.29) is 30.0 Å². The summed E-state index contributed by atoms with van der Waals surface area (Å²) < 4.78 is 0. The molecule has 0 fully saturated rings. The van der Waals surface area contributed by atoms with Gasteiger partial charge in [-0.3, -0.25) is 19.7 Å². The number of nitro groups is 1. The van der Waals surface area contributed by atoms with Crippen molar-refractivity contribution < 1.29 is 14.5 Å². The number of nitrogens with one attached hydrogen (secondary N) is 2. The first-order chi connectivity index (χ1) is 14.9. The molecule has 31 heavy (non-hydrogen) atoms. The van der Waals surface area contributed by atoms with Crippen LogP contribution in [0.25, 0.3) is 0 Å². The molecule has 8 heteroatoms. The van der Waals surface area contributed by atoms with Crippen molar-refractivity contribution in [1.82, 2.24) is 10.2 Å². The van der Waals surface area contributed by atoms with Gasteiger partial charge in [-0.25, -0.2) is 0 Å². The Morgan fingerprint density at radius 2 is 1.77 bits per heavy atom. The Bertz CT molecular complexity index is 960. The summed E-state index contributed by atoms with van der Waals surface area (Å²) in [6, 6.07) is 13.7. The second kappa shape index (κ2) is 10.1. The maximum atomic E-state index is 13.0. The SMILES string of the molecule is CC(C)CC(=O)N1Cc2ccccc2CC1C(=O)NCCNc1ccccc1[N+](=O)[O-]. The van der Waals surface area contributed by atoms with Gasteiger partial charge >= 0.3 is 0 Å². The average molecular weight is 425 g/mol. The van der Waals surface area contributed by atoms with Crippen LogP contribution >= 0.6 is 0 Å². The number of hydrogen-bond acceptors (Lipinski definition) is 5. The molecule has 2 N–H and O–H groups in total. The van der Waals surface area contributed by atoms with Crippen LogP contribution in [0.4, 0.5) is 11.4 Å². The van der Waals surface area contributed by atoms with Crippen molar-refractivity contribution in [2.75, 3.05) is 18.4 Å². The third-order valence-electron chi connectivity index (χ3n) is 5.29. The average Bonchev–Trinajstić information content (AvgIpc) is 2.75. The standard InChI is InChI=1S/C23H28N4O4/c1-16(2)13-22(28)26-15-18-8-4-3-7-17(18)14-21(26)23(29)25-12-11-24-19-9-5-6-10-20(19)27(30)31/h3-10,16,21,24H,11-15H2,1-2H3,(H,25,29). The van der Waals surface area contributed by atoms with Gasteiger partial charge in [0, 0.05) is 38.5 Å². The maximum absolute atomic E-state index is 13.0. The third-order valence-corrected chi connectivity index (χ3v) is 5.29. The minimum absolute atomic E-state index is 0.0110. The van der Waals surface area contributed by atoms with Gasteiger partial charge in [0.25, 0.3) is 5.69 Å². The highest BCUT2D eigenvalue weighted by Gasteiger charge is 2.34. The van der Waals surface area contributed by atoms with Crippen LogP contribution in [0.15, 0.2) is 48.5 Å². The number of amides is 2. The maximum Gasteiger partial charge on any atom is 0.292 e. The van der Waals surface area contributed by atoms with E-state index in [0.717, 1.165) is 11.1 Å². The fourth-order valence-corrected chi connectivity index (χ4v) is 3.77. The summed E-state index contributed by atoms with van der Waals surface area (Å²) >= 11 is 0. The Morgan fingerprint density at radius 1 is 1.10 bits per heavy atom. The van der Waals surface area contributed by atoms with E-state index in [9.17, 15) is 19.7 Å². The number of fused-ring (bicyclic) bond motifs is 1. The summed E-state index contributed by atoms with van der Waals surface area (Å²) in [7, 11) is 0. The highest BCUT2D eigenvalue weighted by molar-refractivity contribution is 5.88. The van der Waals surface area contributed by atoms with Crippen LogP contribution in [0.3, 0.4) is 0 Å². The molecule has 1 unspecified atom stereocenters. The molecule has 0 bridgehead atoms. The second-order valence-electron chi connectivity index (χ2n) is 8.10. The molecule has 3 rings (SSSR count). The van der Waals surface area contributed by atoms with Crippen LogP contribution in [-0.2, 0) is 22.6 Å². The number of anilines is 1. The summed E-state index contributed by atoms with van der Waals surface area (Å²) in [5.74, 6) is -0.0297. The van der Waals surface area contributed by atoms with Crippen molar-refractivity contribution in [1.29, 1.82) is 0 Å². The van der Waals surface area contributed by atoms with Crippen molar-refractivity contribution in [2.45, 2.75) is 39.3 Å². The lowest BCUT2D eigenvalue weighted by molar-refractivity contribution is -0.384. The van der Waals surface area contributed by atoms with Gasteiger partial charge in [-0.2, -0.15) is 0 Å². The Morgan fingerprint density at radius 3 is 2.48 bits per heavy atom. The van der Waals surface area contributed by atoms with Crippen LogP contribution in [-0.4, -0.2) is 40.8 Å². The van der Waals surface area contributed by atoms with E-state index in [1.807, 2.05) is 38.1 Å². The molecule has 1 aliphatic heterocycles. The zero-order valence-electron chi connectivity index (χ0n) is 17.8. The summed E-state index contributed by atoms with van der Waals surface area (Å²) in [4.78, 5) is 38.1. The van der Waals surface area contributed by atoms with Gasteiger partial charge < -0.3 is 15.5 Å². The molecule has 2 aromatic carbocycles. The van der Waals surface area contributed by atoms with E-state index in [1.165, 1.54) is 6.07 Å². The molecule has 0 aliphatic carbocycles. The van der Waals surface area contributed by atoms with Gasteiger partial charge in [-0.15, -0.1) is 0 Å². The number of carbonyl (C=O) groups excluding carboxylic acids is 2. The van der Waals surface area contributed by atoms with Crippen LogP contribution in [0.5, 0.6) is 0 Å². The molecule has 0 saturated carbocycles. The van der Waals surface area contributed by atoms with Crippen LogP contribution in [0.2, 0.25) is 0 Å². The number of hydrogen-bond donors (Lipinski definition) is 2. The molecule has 0 spiro atoms. The zero-order chi connectivity index (χ0) is 22.4. The fraction of sp³-hybridized carbons (Fsp3) is 0.391. The van der Waals surface area contributed by atoms with E-state index in [1.54, 1.807) is 23.1 Å². The molecule has 164 valence electrons. The largest absolute Gasteiger partial charge is 0.378 e. The van der Waals surface area contributed by atoms with E-state index in [0.29, 0.717) is 31.6 Å². The Kier molecular flexibility index (Phi) is 7.23. The molecule has 1 atom stereocenters. The molecule has 0 radical (unpaired) electrons. The lowest BCUT2D eigenvalue weighted by Gasteiger charge is -2.36. The molecule has 0 aromatic heterocycles. The molecular formula is C23H28N4O4. The molecule has 1 aliphatic rings. The van der Waals surface area contributed by atoms with E-state index in [4.69, 9.17) is 0 Å². The number of nitro benzene ring substituents is 1. The molecule has 0 saturated heterocycles. The number of nitrogens with zero attached hydrogens (tertiary/aromatic N) is 2. The van der Waals surface area contributed by atoms with E-state index >= 15 is 0 Å². The minimum Gasteiger partial charge on any atom is -0.378 e. The lowest BCUT2D eigenvalue weighted by Crippen LogP contribution is -2.53. The molecule has 1 heterocycles. The van der Waals surface area contributed by atoms with Gasteiger partial charge in [-0.05, 0) is 23.1 Å². The van der Waals surface area contributed by atoms with E-state index < -0.39 is 11.0 Å². The van der Waals surface area contributed by atoms with Crippen LogP contribution in [0, 0.1) is 16.0 Å². The van der Waals surface area contributed by atoms with Crippen molar-refractivity contribution >= 4 is 23.2 Å². The highest BCUT2D eigenvalue weighted by Crippen LogP contribution is 2.25. The minimum atomic E-state index is -0.563. The van der Waals surface area contributed by atoms with E-state index in [2.05, 4.69) is 10.6 Å². The normalized spacial score (nSPS) is 15.3. The number of carbonyl (C=O) groups is 2. The van der Waals surface area contributed by atoms with Crippen molar-refractivity contribution in [3.05, 3.63) is 69.8 Å². The smallest absolute Gasteiger partial charge is 0.292 e. The van der Waals surface area contributed by atoms with Gasteiger partial charge in [-0.1, -0.05) is 50.2 Å². The van der Waals surface area contributed by atoms with Crippen molar-refractivity contribution in [2.24, 2.45) is 5.92 Å². The van der Waals surface area contributed by atoms with Crippen molar-refractivity contribution in [3.63, 3.8) is 0 Å². The predicted molar refractivity (Wildman–Crippen MR) is 119 cm³/mol. The first-order valence-corrected chi connectivity index (χ1v) is 10.5. The summed E-state index contributed by atoms with van der Waals surface area (Å²) in [5, 5.41) is 17.0. The number of para-hydroxylation sites is 2.